The van der Waals surface area contributed by atoms with Crippen molar-refractivity contribution in [1.29, 1.82) is 0 Å². The Morgan fingerprint density at radius 2 is 1.88 bits per heavy atom. The van der Waals surface area contributed by atoms with E-state index >= 15 is 0 Å². The number of piperidine rings is 1. The van der Waals surface area contributed by atoms with Gasteiger partial charge in [0.1, 0.15) is 5.82 Å². The van der Waals surface area contributed by atoms with Gasteiger partial charge < -0.3 is 10.2 Å². The van der Waals surface area contributed by atoms with Gasteiger partial charge in [-0.25, -0.2) is 4.39 Å². The summed E-state index contributed by atoms with van der Waals surface area (Å²) < 4.78 is 13.5. The average Bonchev–Trinajstić information content (AvgIpc) is 3.11. The summed E-state index contributed by atoms with van der Waals surface area (Å²) in [6.07, 6.45) is 11.4. The van der Waals surface area contributed by atoms with Crippen molar-refractivity contribution in [2.45, 2.75) is 51.0 Å². The van der Waals surface area contributed by atoms with E-state index in [2.05, 4.69) is 10.2 Å². The van der Waals surface area contributed by atoms with Crippen LogP contribution in [0.15, 0.2) is 30.3 Å². The number of nitrogens with one attached hydrogen (secondary N) is 1. The molecule has 1 aromatic rings. The van der Waals surface area contributed by atoms with Gasteiger partial charge in [0.2, 0.25) is 5.91 Å². The third-order valence-electron chi connectivity index (χ3n) is 5.45. The molecule has 0 radical (unpaired) electrons. The molecule has 0 aromatic heterocycles. The Bertz CT molecular complexity index is 587. The topological polar surface area (TPSA) is 32.3 Å². The Balaban J connectivity index is 1.35. The third kappa shape index (κ3) is 5.67. The summed E-state index contributed by atoms with van der Waals surface area (Å²) in [4.78, 5) is 14.6. The molecule has 0 bridgehead atoms. The zero-order valence-electron chi connectivity index (χ0n) is 14.9. The van der Waals surface area contributed by atoms with Gasteiger partial charge in [0.05, 0.1) is 0 Å². The molecule has 25 heavy (non-hydrogen) atoms. The van der Waals surface area contributed by atoms with E-state index in [0.717, 1.165) is 31.8 Å². The quantitative estimate of drug-likeness (QED) is 0.846. The van der Waals surface area contributed by atoms with Crippen LogP contribution in [0, 0.1) is 11.7 Å². The number of amides is 1. The fourth-order valence-corrected chi connectivity index (χ4v) is 4.01. The Labute approximate surface area is 150 Å². The summed E-state index contributed by atoms with van der Waals surface area (Å²) in [6.45, 7) is 3.42. The van der Waals surface area contributed by atoms with Crippen molar-refractivity contribution >= 4 is 12.0 Å². The normalized spacial score (nSPS) is 20.4. The lowest BCUT2D eigenvalue weighted by Crippen LogP contribution is -2.45. The number of likely N-dealkylation sites (tertiary alicyclic amines) is 1. The lowest BCUT2D eigenvalue weighted by Gasteiger charge is -2.33. The van der Waals surface area contributed by atoms with Gasteiger partial charge in [-0.3, -0.25) is 4.79 Å². The number of benzene rings is 1. The Morgan fingerprint density at radius 1 is 1.16 bits per heavy atom. The summed E-state index contributed by atoms with van der Waals surface area (Å²) in [7, 11) is 0. The van der Waals surface area contributed by atoms with Crippen LogP contribution < -0.4 is 5.32 Å². The molecule has 1 aliphatic heterocycles. The molecular weight excluding hydrogens is 315 g/mol. The van der Waals surface area contributed by atoms with Crippen LogP contribution >= 0.6 is 0 Å². The molecule has 2 fully saturated rings. The van der Waals surface area contributed by atoms with Crippen molar-refractivity contribution in [2.24, 2.45) is 5.92 Å². The van der Waals surface area contributed by atoms with Crippen LogP contribution in [-0.2, 0) is 4.79 Å². The Kier molecular flexibility index (Phi) is 6.62. The molecule has 3 nitrogen and oxygen atoms in total. The highest BCUT2D eigenvalue weighted by Crippen LogP contribution is 2.26. The molecule has 1 heterocycles. The predicted molar refractivity (Wildman–Crippen MR) is 99.6 cm³/mol. The molecule has 1 aromatic carbocycles. The Morgan fingerprint density at radius 3 is 2.60 bits per heavy atom. The maximum atomic E-state index is 13.5. The number of hydrogen-bond donors (Lipinski definition) is 1. The lowest BCUT2D eigenvalue weighted by molar-refractivity contribution is -0.121. The summed E-state index contributed by atoms with van der Waals surface area (Å²) in [5.41, 5.74) is 0.524. The van der Waals surface area contributed by atoms with E-state index in [1.54, 1.807) is 30.4 Å². The highest BCUT2D eigenvalue weighted by Gasteiger charge is 2.23. The van der Waals surface area contributed by atoms with Crippen LogP contribution in [0.3, 0.4) is 0 Å². The zero-order chi connectivity index (χ0) is 17.5. The molecule has 4 heteroatoms. The van der Waals surface area contributed by atoms with E-state index in [1.165, 1.54) is 38.3 Å². The monoisotopic (exact) mass is 344 g/mol. The van der Waals surface area contributed by atoms with Crippen LogP contribution in [0.4, 0.5) is 4.39 Å². The number of nitrogens with zero attached hydrogens (tertiary/aromatic N) is 1. The van der Waals surface area contributed by atoms with Crippen LogP contribution in [0.5, 0.6) is 0 Å². The first-order valence-corrected chi connectivity index (χ1v) is 9.63. The predicted octanol–water partition coefficient (Wildman–Crippen LogP) is 4.00. The molecular formula is C21H29FN2O. The number of halogens is 1. The maximum absolute atomic E-state index is 13.5. The van der Waals surface area contributed by atoms with Crippen LogP contribution in [0.2, 0.25) is 0 Å². The van der Waals surface area contributed by atoms with E-state index in [0.29, 0.717) is 12.0 Å². The smallest absolute Gasteiger partial charge is 0.224 e. The van der Waals surface area contributed by atoms with Crippen molar-refractivity contribution in [3.8, 4) is 0 Å². The average molecular weight is 344 g/mol. The molecule has 1 saturated carbocycles. The molecule has 1 amide bonds. The molecule has 3 rings (SSSR count). The lowest BCUT2D eigenvalue weighted by atomic mass is 10.0. The summed E-state index contributed by atoms with van der Waals surface area (Å²) in [6, 6.07) is 6.89. The molecule has 136 valence electrons. The highest BCUT2D eigenvalue weighted by molar-refractivity contribution is 5.78. The Hall–Kier alpha value is -1.68. The van der Waals surface area contributed by atoms with Crippen molar-refractivity contribution in [1.82, 2.24) is 10.2 Å². The SMILES string of the molecule is O=C(C/C=C/c1ccccc1F)NC1CCN(CC2CCCC2)CC1. The standard InChI is InChI=1S/C21H29FN2O/c22-20-10-4-3-8-18(20)9-5-11-21(25)23-19-12-14-24(15-13-19)16-17-6-1-2-7-17/h3-5,8-10,17,19H,1-2,6-7,11-16H2,(H,23,25)/b9-5+. The fourth-order valence-electron chi connectivity index (χ4n) is 4.01. The van der Waals surface area contributed by atoms with Crippen molar-refractivity contribution in [2.75, 3.05) is 19.6 Å². The van der Waals surface area contributed by atoms with Gasteiger partial charge in [-0.1, -0.05) is 43.2 Å². The number of rotatable bonds is 6. The van der Waals surface area contributed by atoms with E-state index in [4.69, 9.17) is 0 Å². The van der Waals surface area contributed by atoms with Gasteiger partial charge in [-0.05, 0) is 37.7 Å². The highest BCUT2D eigenvalue weighted by atomic mass is 19.1. The van der Waals surface area contributed by atoms with Crippen LogP contribution in [0.25, 0.3) is 6.08 Å². The fraction of sp³-hybridized carbons (Fsp3) is 0.571. The van der Waals surface area contributed by atoms with Gasteiger partial charge in [0, 0.05) is 37.7 Å². The minimum absolute atomic E-state index is 0.0295. The number of carbonyl (C=O) groups excluding carboxylic acids is 1. The van der Waals surface area contributed by atoms with Gasteiger partial charge in [0.25, 0.3) is 0 Å². The zero-order valence-corrected chi connectivity index (χ0v) is 14.9. The van der Waals surface area contributed by atoms with Crippen LogP contribution in [-0.4, -0.2) is 36.5 Å². The number of carbonyl (C=O) groups is 1. The molecule has 1 saturated heterocycles. The summed E-state index contributed by atoms with van der Waals surface area (Å²) >= 11 is 0. The summed E-state index contributed by atoms with van der Waals surface area (Å²) in [5, 5.41) is 3.12. The van der Waals surface area contributed by atoms with Gasteiger partial charge in [-0.2, -0.15) is 0 Å². The van der Waals surface area contributed by atoms with Gasteiger partial charge in [-0.15, -0.1) is 0 Å². The van der Waals surface area contributed by atoms with Gasteiger partial charge in [0.15, 0.2) is 0 Å². The minimum atomic E-state index is -0.256. The second-order valence-corrected chi connectivity index (χ2v) is 7.42. The maximum Gasteiger partial charge on any atom is 0.224 e. The molecule has 1 aliphatic carbocycles. The molecule has 0 unspecified atom stereocenters. The number of hydrogen-bond acceptors (Lipinski definition) is 2. The van der Waals surface area contributed by atoms with E-state index in [1.807, 2.05) is 0 Å². The van der Waals surface area contributed by atoms with E-state index < -0.39 is 0 Å². The minimum Gasteiger partial charge on any atom is -0.353 e. The molecule has 0 atom stereocenters. The first-order chi connectivity index (χ1) is 12.2. The van der Waals surface area contributed by atoms with Crippen molar-refractivity contribution < 1.29 is 9.18 Å². The largest absolute Gasteiger partial charge is 0.353 e. The van der Waals surface area contributed by atoms with E-state index in [-0.39, 0.29) is 17.8 Å². The van der Waals surface area contributed by atoms with E-state index in [9.17, 15) is 9.18 Å². The third-order valence-corrected chi connectivity index (χ3v) is 5.45. The molecule has 0 spiro atoms. The van der Waals surface area contributed by atoms with Crippen molar-refractivity contribution in [3.05, 3.63) is 41.7 Å². The van der Waals surface area contributed by atoms with Gasteiger partial charge >= 0.3 is 0 Å². The summed E-state index contributed by atoms with van der Waals surface area (Å²) in [5.74, 6) is 0.672. The first kappa shape index (κ1) is 18.1. The molecule has 2 aliphatic rings. The van der Waals surface area contributed by atoms with Crippen LogP contribution in [0.1, 0.15) is 50.5 Å². The second kappa shape index (κ2) is 9.14. The second-order valence-electron chi connectivity index (χ2n) is 7.42. The first-order valence-electron chi connectivity index (χ1n) is 9.63. The van der Waals surface area contributed by atoms with Crippen molar-refractivity contribution in [3.63, 3.8) is 0 Å². The molecule has 1 N–H and O–H groups in total.